The molecule has 0 aromatic heterocycles. The molecular formula is C10H15ClN2O. The van der Waals surface area contributed by atoms with Gasteiger partial charge in [-0.2, -0.15) is 0 Å². The Hall–Kier alpha value is -1.06. The second-order valence-corrected chi connectivity index (χ2v) is 3.13. The van der Waals surface area contributed by atoms with Crippen LogP contribution in [0.25, 0.3) is 0 Å². The lowest BCUT2D eigenvalue weighted by Gasteiger charge is -2.07. The molecule has 0 radical (unpaired) electrons. The first-order chi connectivity index (χ1) is 6.09. The van der Waals surface area contributed by atoms with Crippen molar-refractivity contribution in [3.63, 3.8) is 0 Å². The van der Waals surface area contributed by atoms with E-state index in [1.807, 2.05) is 19.1 Å². The summed E-state index contributed by atoms with van der Waals surface area (Å²) in [6.07, 6.45) is -0.311. The standard InChI is InChI=1S/C10H14N2O.ClH/c1-7-3-5-9(6-4-7)10(13)12-8(2)11;/h3-6,8H,11H2,1-2H3,(H,12,13);1H. The normalized spacial score (nSPS) is 11.4. The zero-order valence-corrected chi connectivity index (χ0v) is 9.10. The first kappa shape index (κ1) is 12.9. The first-order valence-corrected chi connectivity index (χ1v) is 4.22. The number of amides is 1. The molecule has 1 amide bonds. The van der Waals surface area contributed by atoms with Crippen molar-refractivity contribution in [2.75, 3.05) is 0 Å². The molecule has 0 saturated heterocycles. The van der Waals surface area contributed by atoms with Gasteiger partial charge in [-0.05, 0) is 26.0 Å². The third-order valence-electron chi connectivity index (χ3n) is 1.67. The third kappa shape index (κ3) is 3.77. The fourth-order valence-electron chi connectivity index (χ4n) is 0.995. The van der Waals surface area contributed by atoms with E-state index in [0.29, 0.717) is 5.56 Å². The number of nitrogens with two attached hydrogens (primary N) is 1. The van der Waals surface area contributed by atoms with Gasteiger partial charge in [-0.15, -0.1) is 12.4 Å². The van der Waals surface area contributed by atoms with Crippen LogP contribution < -0.4 is 11.1 Å². The monoisotopic (exact) mass is 214 g/mol. The Labute approximate surface area is 90.1 Å². The van der Waals surface area contributed by atoms with E-state index in [2.05, 4.69) is 5.32 Å². The van der Waals surface area contributed by atoms with Crippen molar-refractivity contribution in [3.05, 3.63) is 35.4 Å². The molecule has 3 N–H and O–H groups in total. The van der Waals surface area contributed by atoms with E-state index in [0.717, 1.165) is 5.56 Å². The van der Waals surface area contributed by atoms with Gasteiger partial charge in [0.2, 0.25) is 0 Å². The van der Waals surface area contributed by atoms with E-state index in [-0.39, 0.29) is 24.5 Å². The zero-order valence-electron chi connectivity index (χ0n) is 8.28. The Morgan fingerprint density at radius 2 is 1.86 bits per heavy atom. The molecule has 0 aliphatic carbocycles. The van der Waals surface area contributed by atoms with Crippen molar-refractivity contribution < 1.29 is 4.79 Å². The molecule has 0 saturated carbocycles. The zero-order chi connectivity index (χ0) is 9.84. The second-order valence-electron chi connectivity index (χ2n) is 3.13. The van der Waals surface area contributed by atoms with E-state index < -0.39 is 0 Å². The van der Waals surface area contributed by atoms with Gasteiger partial charge in [0.05, 0.1) is 6.17 Å². The molecule has 1 rings (SSSR count). The molecule has 0 aliphatic rings. The Morgan fingerprint density at radius 3 is 2.29 bits per heavy atom. The van der Waals surface area contributed by atoms with Gasteiger partial charge in [0.25, 0.3) is 5.91 Å². The van der Waals surface area contributed by atoms with E-state index in [1.165, 1.54) is 0 Å². The number of carbonyl (C=O) groups excluding carboxylic acids is 1. The van der Waals surface area contributed by atoms with Gasteiger partial charge < -0.3 is 11.1 Å². The minimum atomic E-state index is -0.311. The maximum Gasteiger partial charge on any atom is 0.252 e. The molecule has 14 heavy (non-hydrogen) atoms. The largest absolute Gasteiger partial charge is 0.337 e. The van der Waals surface area contributed by atoms with Crippen LogP contribution in [-0.4, -0.2) is 12.1 Å². The van der Waals surface area contributed by atoms with Crippen molar-refractivity contribution in [2.45, 2.75) is 20.0 Å². The van der Waals surface area contributed by atoms with Gasteiger partial charge in [0.15, 0.2) is 0 Å². The highest BCUT2D eigenvalue weighted by Gasteiger charge is 2.05. The summed E-state index contributed by atoms with van der Waals surface area (Å²) >= 11 is 0. The van der Waals surface area contributed by atoms with Gasteiger partial charge in [-0.1, -0.05) is 17.7 Å². The number of hydrogen-bond donors (Lipinski definition) is 2. The summed E-state index contributed by atoms with van der Waals surface area (Å²) in [6, 6.07) is 7.37. The minimum absolute atomic E-state index is 0. The smallest absolute Gasteiger partial charge is 0.252 e. The van der Waals surface area contributed by atoms with Crippen molar-refractivity contribution in [3.8, 4) is 0 Å². The van der Waals surface area contributed by atoms with Crippen LogP contribution in [0.3, 0.4) is 0 Å². The van der Waals surface area contributed by atoms with E-state index in [9.17, 15) is 4.79 Å². The van der Waals surface area contributed by atoms with Crippen LogP contribution in [0.15, 0.2) is 24.3 Å². The molecule has 3 nitrogen and oxygen atoms in total. The van der Waals surface area contributed by atoms with Gasteiger partial charge in [0, 0.05) is 5.56 Å². The minimum Gasteiger partial charge on any atom is -0.337 e. The van der Waals surface area contributed by atoms with Crippen molar-refractivity contribution in [1.82, 2.24) is 5.32 Å². The highest BCUT2D eigenvalue weighted by Crippen LogP contribution is 2.02. The predicted molar refractivity (Wildman–Crippen MR) is 59.5 cm³/mol. The summed E-state index contributed by atoms with van der Waals surface area (Å²) in [5.74, 6) is -0.130. The quantitative estimate of drug-likeness (QED) is 0.733. The molecule has 0 aliphatic heterocycles. The lowest BCUT2D eigenvalue weighted by Crippen LogP contribution is -2.38. The Morgan fingerprint density at radius 1 is 1.36 bits per heavy atom. The van der Waals surface area contributed by atoms with Gasteiger partial charge in [-0.3, -0.25) is 4.79 Å². The molecule has 0 bridgehead atoms. The van der Waals surface area contributed by atoms with Gasteiger partial charge in [-0.25, -0.2) is 0 Å². The van der Waals surface area contributed by atoms with Crippen LogP contribution in [0.1, 0.15) is 22.8 Å². The molecule has 0 spiro atoms. The topological polar surface area (TPSA) is 55.1 Å². The van der Waals surface area contributed by atoms with Crippen LogP contribution in [0.4, 0.5) is 0 Å². The summed E-state index contributed by atoms with van der Waals surface area (Å²) in [7, 11) is 0. The fraction of sp³-hybridized carbons (Fsp3) is 0.300. The summed E-state index contributed by atoms with van der Waals surface area (Å²) in [5, 5.41) is 2.62. The molecule has 1 atom stereocenters. The molecule has 78 valence electrons. The Balaban J connectivity index is 0.00000169. The number of nitrogens with one attached hydrogen (secondary N) is 1. The highest BCUT2D eigenvalue weighted by atomic mass is 35.5. The molecule has 1 unspecified atom stereocenters. The number of aryl methyl sites for hydroxylation is 1. The maximum atomic E-state index is 11.4. The number of halogens is 1. The average Bonchev–Trinajstić information content (AvgIpc) is 2.04. The summed E-state index contributed by atoms with van der Waals surface area (Å²) in [4.78, 5) is 11.4. The van der Waals surface area contributed by atoms with Gasteiger partial charge >= 0.3 is 0 Å². The van der Waals surface area contributed by atoms with E-state index >= 15 is 0 Å². The average molecular weight is 215 g/mol. The summed E-state index contributed by atoms with van der Waals surface area (Å²) < 4.78 is 0. The predicted octanol–water partition coefficient (Wildman–Crippen LogP) is 1.45. The van der Waals surface area contributed by atoms with E-state index in [1.54, 1.807) is 19.1 Å². The number of hydrogen-bond acceptors (Lipinski definition) is 2. The second kappa shape index (κ2) is 5.62. The van der Waals surface area contributed by atoms with Crippen LogP contribution in [0, 0.1) is 6.92 Å². The van der Waals surface area contributed by atoms with Crippen LogP contribution >= 0.6 is 12.4 Å². The van der Waals surface area contributed by atoms with Crippen molar-refractivity contribution >= 4 is 18.3 Å². The molecule has 1 aromatic rings. The Kier molecular flexibility index (Phi) is 5.20. The molecule has 4 heteroatoms. The van der Waals surface area contributed by atoms with Crippen molar-refractivity contribution in [1.29, 1.82) is 0 Å². The number of carbonyl (C=O) groups is 1. The number of rotatable bonds is 2. The molecule has 0 fully saturated rings. The molecule has 1 aromatic carbocycles. The highest BCUT2D eigenvalue weighted by molar-refractivity contribution is 5.94. The SMILES string of the molecule is Cc1ccc(C(=O)NC(C)N)cc1.Cl. The van der Waals surface area contributed by atoms with Crippen LogP contribution in [0.5, 0.6) is 0 Å². The summed E-state index contributed by atoms with van der Waals surface area (Å²) in [6.45, 7) is 3.71. The number of benzene rings is 1. The van der Waals surface area contributed by atoms with Gasteiger partial charge in [0.1, 0.15) is 0 Å². The molecular weight excluding hydrogens is 200 g/mol. The first-order valence-electron chi connectivity index (χ1n) is 4.22. The Bertz CT molecular complexity index is 295. The third-order valence-corrected chi connectivity index (χ3v) is 1.67. The van der Waals surface area contributed by atoms with Crippen molar-refractivity contribution in [2.24, 2.45) is 5.73 Å². The van der Waals surface area contributed by atoms with Crippen LogP contribution in [0.2, 0.25) is 0 Å². The van der Waals surface area contributed by atoms with E-state index in [4.69, 9.17) is 5.73 Å². The molecule has 0 heterocycles. The lowest BCUT2D eigenvalue weighted by molar-refractivity contribution is 0.0941. The summed E-state index contributed by atoms with van der Waals surface area (Å²) in [5.41, 5.74) is 7.21. The fourth-order valence-corrected chi connectivity index (χ4v) is 0.995. The lowest BCUT2D eigenvalue weighted by atomic mass is 10.1. The van der Waals surface area contributed by atoms with Crippen LogP contribution in [-0.2, 0) is 0 Å². The maximum absolute atomic E-state index is 11.4.